The van der Waals surface area contributed by atoms with Gasteiger partial charge < -0.3 is 4.90 Å². The Morgan fingerprint density at radius 2 is 1.10 bits per heavy atom. The summed E-state index contributed by atoms with van der Waals surface area (Å²) < 4.78 is 31.4. The molecule has 0 radical (unpaired) electrons. The summed E-state index contributed by atoms with van der Waals surface area (Å²) in [6.45, 7) is 5.91. The highest BCUT2D eigenvalue weighted by Crippen LogP contribution is 2.47. The molecular weight excluding hydrogens is 508 g/mol. The molecule has 0 amide bonds. The fourth-order valence-electron chi connectivity index (χ4n) is 5.58. The van der Waals surface area contributed by atoms with E-state index < -0.39 is 17.2 Å². The highest BCUT2D eigenvalue weighted by atomic mass is 19.1. The first-order valence-electron chi connectivity index (χ1n) is 13.8. The lowest BCUT2D eigenvalue weighted by atomic mass is 9.89. The van der Waals surface area contributed by atoms with E-state index >= 15 is 8.78 Å². The van der Waals surface area contributed by atoms with Crippen LogP contribution in [0.1, 0.15) is 20.8 Å². The molecule has 0 aliphatic heterocycles. The van der Waals surface area contributed by atoms with Gasteiger partial charge in [0.05, 0.1) is 11.4 Å². The zero-order chi connectivity index (χ0) is 28.6. The number of nitrogens with zero attached hydrogens (tertiary/aromatic N) is 1. The minimum atomic E-state index is -0.620. The minimum Gasteiger partial charge on any atom is -0.331 e. The van der Waals surface area contributed by atoms with Crippen molar-refractivity contribution >= 4 is 22.1 Å². The lowest BCUT2D eigenvalue weighted by Gasteiger charge is -2.39. The highest BCUT2D eigenvalue weighted by molar-refractivity contribution is 5.95. The van der Waals surface area contributed by atoms with Gasteiger partial charge in [-0.2, -0.15) is 0 Å². The van der Waals surface area contributed by atoms with Gasteiger partial charge in [-0.15, -0.1) is 0 Å². The van der Waals surface area contributed by atoms with Crippen molar-refractivity contribution in [2.75, 3.05) is 4.90 Å². The number of anilines is 2. The second-order valence-corrected chi connectivity index (χ2v) is 11.3. The van der Waals surface area contributed by atoms with Crippen LogP contribution in [0.25, 0.3) is 44.2 Å². The van der Waals surface area contributed by atoms with E-state index in [-0.39, 0.29) is 0 Å². The molecular formula is C38H31F2N. The first-order valence-corrected chi connectivity index (χ1v) is 13.8. The van der Waals surface area contributed by atoms with Gasteiger partial charge in [-0.05, 0) is 83.6 Å². The van der Waals surface area contributed by atoms with Crippen LogP contribution in [0.15, 0.2) is 133 Å². The summed E-state index contributed by atoms with van der Waals surface area (Å²) in [5.74, 6) is -0.801. The molecule has 0 aliphatic rings. The second-order valence-electron chi connectivity index (χ2n) is 11.3. The van der Waals surface area contributed by atoms with Crippen LogP contribution in [0.4, 0.5) is 20.2 Å². The quantitative estimate of drug-likeness (QED) is 0.211. The maximum absolute atomic E-state index is 16.1. The van der Waals surface area contributed by atoms with Gasteiger partial charge in [-0.3, -0.25) is 0 Å². The van der Waals surface area contributed by atoms with Crippen molar-refractivity contribution in [1.29, 1.82) is 0 Å². The largest absolute Gasteiger partial charge is 0.331 e. The predicted octanol–water partition coefficient (Wildman–Crippen LogP) is 11.1. The standard InChI is InChI=1S/C38H31F2N/c1-38(2,3)41(35-16-10-9-15-33(35)39)37-34(40)24-23-32(36(37)29-12-5-4-6-13-29)28-20-17-27(18-21-28)31-22-19-26-11-7-8-14-30(26)25-31/h4-25H,1-3H3. The Balaban J connectivity index is 1.54. The van der Waals surface area contributed by atoms with E-state index in [2.05, 4.69) is 60.7 Å². The van der Waals surface area contributed by atoms with Gasteiger partial charge in [0.2, 0.25) is 0 Å². The van der Waals surface area contributed by atoms with E-state index in [1.807, 2.05) is 63.2 Å². The lowest BCUT2D eigenvalue weighted by molar-refractivity contribution is 0.527. The fourth-order valence-corrected chi connectivity index (χ4v) is 5.58. The topological polar surface area (TPSA) is 3.24 Å². The normalized spacial score (nSPS) is 11.5. The Morgan fingerprint density at radius 1 is 0.488 bits per heavy atom. The number of hydrogen-bond acceptors (Lipinski definition) is 1. The van der Waals surface area contributed by atoms with E-state index in [1.54, 1.807) is 23.1 Å². The van der Waals surface area contributed by atoms with E-state index in [4.69, 9.17) is 0 Å². The van der Waals surface area contributed by atoms with Crippen molar-refractivity contribution < 1.29 is 8.78 Å². The molecule has 0 N–H and O–H groups in total. The molecule has 1 nitrogen and oxygen atoms in total. The average Bonchev–Trinajstić information content (AvgIpc) is 2.98. The van der Waals surface area contributed by atoms with E-state index in [9.17, 15) is 0 Å². The summed E-state index contributed by atoms with van der Waals surface area (Å²) in [6.07, 6.45) is 0. The SMILES string of the molecule is CC(C)(C)N(c1ccccc1F)c1c(F)ccc(-c2ccc(-c3ccc4ccccc4c3)cc2)c1-c1ccccc1. The molecule has 0 bridgehead atoms. The third-order valence-corrected chi connectivity index (χ3v) is 7.46. The van der Waals surface area contributed by atoms with Crippen LogP contribution in [0.2, 0.25) is 0 Å². The average molecular weight is 540 g/mol. The van der Waals surface area contributed by atoms with E-state index in [0.717, 1.165) is 33.4 Å². The predicted molar refractivity (Wildman–Crippen MR) is 169 cm³/mol. The smallest absolute Gasteiger partial charge is 0.147 e. The molecule has 0 aliphatic carbocycles. The molecule has 3 heteroatoms. The Morgan fingerprint density at radius 3 is 1.80 bits per heavy atom. The molecule has 0 heterocycles. The maximum Gasteiger partial charge on any atom is 0.147 e. The molecule has 6 rings (SSSR count). The van der Waals surface area contributed by atoms with Crippen LogP contribution < -0.4 is 4.90 Å². The minimum absolute atomic E-state index is 0.333. The zero-order valence-corrected chi connectivity index (χ0v) is 23.4. The molecule has 0 fully saturated rings. The fraction of sp³-hybridized carbons (Fsp3) is 0.105. The molecule has 0 aromatic heterocycles. The molecule has 6 aromatic carbocycles. The van der Waals surface area contributed by atoms with Crippen LogP contribution in [0.3, 0.4) is 0 Å². The summed E-state index contributed by atoms with van der Waals surface area (Å²) in [4.78, 5) is 1.78. The summed E-state index contributed by atoms with van der Waals surface area (Å²) in [5.41, 5.74) is 5.72. The van der Waals surface area contributed by atoms with Crippen molar-refractivity contribution in [3.05, 3.63) is 145 Å². The van der Waals surface area contributed by atoms with Crippen LogP contribution in [-0.2, 0) is 0 Å². The number of fused-ring (bicyclic) bond motifs is 1. The molecule has 202 valence electrons. The van der Waals surface area contributed by atoms with Gasteiger partial charge in [0, 0.05) is 11.1 Å². The maximum atomic E-state index is 16.1. The first-order chi connectivity index (χ1) is 19.8. The third-order valence-electron chi connectivity index (χ3n) is 7.46. The summed E-state index contributed by atoms with van der Waals surface area (Å²) in [6, 6.07) is 42.9. The molecule has 0 spiro atoms. The lowest BCUT2D eigenvalue weighted by Crippen LogP contribution is -2.39. The van der Waals surface area contributed by atoms with Gasteiger partial charge in [-0.1, -0.05) is 109 Å². The molecule has 0 saturated heterocycles. The molecule has 0 atom stereocenters. The van der Waals surface area contributed by atoms with Gasteiger partial charge in [0.25, 0.3) is 0 Å². The Hall–Kier alpha value is -4.76. The van der Waals surface area contributed by atoms with Crippen molar-refractivity contribution in [3.8, 4) is 33.4 Å². The van der Waals surface area contributed by atoms with Crippen LogP contribution in [-0.4, -0.2) is 5.54 Å². The van der Waals surface area contributed by atoms with Gasteiger partial charge in [0.1, 0.15) is 11.6 Å². The highest BCUT2D eigenvalue weighted by Gasteiger charge is 2.31. The van der Waals surface area contributed by atoms with Crippen molar-refractivity contribution in [2.45, 2.75) is 26.3 Å². The van der Waals surface area contributed by atoms with Gasteiger partial charge in [0.15, 0.2) is 0 Å². The number of benzene rings is 6. The van der Waals surface area contributed by atoms with Crippen molar-refractivity contribution in [3.63, 3.8) is 0 Å². The van der Waals surface area contributed by atoms with E-state index in [1.165, 1.54) is 22.9 Å². The molecule has 6 aromatic rings. The van der Waals surface area contributed by atoms with Crippen LogP contribution in [0.5, 0.6) is 0 Å². The molecule has 0 unspecified atom stereocenters. The second kappa shape index (κ2) is 10.7. The first kappa shape index (κ1) is 26.5. The number of rotatable bonds is 5. The zero-order valence-electron chi connectivity index (χ0n) is 23.4. The monoisotopic (exact) mass is 539 g/mol. The van der Waals surface area contributed by atoms with Gasteiger partial charge in [-0.25, -0.2) is 8.78 Å². The van der Waals surface area contributed by atoms with Crippen molar-refractivity contribution in [1.82, 2.24) is 0 Å². The Bertz CT molecular complexity index is 1830. The molecule has 41 heavy (non-hydrogen) atoms. The van der Waals surface area contributed by atoms with Crippen LogP contribution in [0, 0.1) is 11.6 Å². The Labute approximate surface area is 240 Å². The summed E-state index contributed by atoms with van der Waals surface area (Å²) >= 11 is 0. The van der Waals surface area contributed by atoms with E-state index in [0.29, 0.717) is 11.4 Å². The molecule has 0 saturated carbocycles. The third kappa shape index (κ3) is 5.12. The Kier molecular flexibility index (Phi) is 6.88. The summed E-state index contributed by atoms with van der Waals surface area (Å²) in [5, 5.41) is 2.40. The van der Waals surface area contributed by atoms with Crippen molar-refractivity contribution in [2.24, 2.45) is 0 Å². The van der Waals surface area contributed by atoms with Gasteiger partial charge >= 0.3 is 0 Å². The summed E-state index contributed by atoms with van der Waals surface area (Å²) in [7, 11) is 0. The number of para-hydroxylation sites is 1. The number of hydrogen-bond donors (Lipinski definition) is 0. The number of halogens is 2. The van der Waals surface area contributed by atoms with Crippen LogP contribution >= 0.6 is 0 Å².